The number of anilines is 1. The molecule has 0 bridgehead atoms. The van der Waals surface area contributed by atoms with Gasteiger partial charge >= 0.3 is 0 Å². The van der Waals surface area contributed by atoms with Crippen molar-refractivity contribution < 1.29 is 9.53 Å². The van der Waals surface area contributed by atoms with Crippen molar-refractivity contribution >= 4 is 23.2 Å². The summed E-state index contributed by atoms with van der Waals surface area (Å²) in [6.45, 7) is 1.99. The Morgan fingerprint density at radius 2 is 2.42 bits per heavy atom. The lowest BCUT2D eigenvalue weighted by Crippen LogP contribution is -2.32. The highest BCUT2D eigenvalue weighted by atomic mass is 35.5. The third-order valence-corrected chi connectivity index (χ3v) is 3.60. The zero-order valence-electron chi connectivity index (χ0n) is 11.0. The number of halogens is 1. The molecule has 0 aromatic heterocycles. The second-order valence-electron chi connectivity index (χ2n) is 4.81. The van der Waals surface area contributed by atoms with Crippen LogP contribution in [0.1, 0.15) is 19.3 Å². The van der Waals surface area contributed by atoms with Crippen molar-refractivity contribution in [3.8, 4) is 5.75 Å². The molecule has 1 unspecified atom stereocenters. The van der Waals surface area contributed by atoms with E-state index in [1.165, 1.54) is 0 Å². The molecule has 0 saturated carbocycles. The first kappa shape index (κ1) is 14.2. The Morgan fingerprint density at radius 1 is 1.58 bits per heavy atom. The molecule has 0 spiro atoms. The number of methoxy groups -OCH3 is 1. The van der Waals surface area contributed by atoms with E-state index in [0.29, 0.717) is 28.8 Å². The summed E-state index contributed by atoms with van der Waals surface area (Å²) in [5.41, 5.74) is 0.708. The molecule has 1 atom stereocenters. The van der Waals surface area contributed by atoms with E-state index in [-0.39, 0.29) is 5.91 Å². The fourth-order valence-electron chi connectivity index (χ4n) is 2.32. The highest BCUT2D eigenvalue weighted by Gasteiger charge is 2.16. The third kappa shape index (κ3) is 4.11. The van der Waals surface area contributed by atoms with Gasteiger partial charge in [0.15, 0.2) is 0 Å². The lowest BCUT2D eigenvalue weighted by atomic mass is 9.96. The van der Waals surface area contributed by atoms with E-state index >= 15 is 0 Å². The molecule has 2 rings (SSSR count). The maximum atomic E-state index is 11.9. The largest absolute Gasteiger partial charge is 0.495 e. The Balaban J connectivity index is 1.89. The highest BCUT2D eigenvalue weighted by molar-refractivity contribution is 6.32. The summed E-state index contributed by atoms with van der Waals surface area (Å²) in [6, 6.07) is 5.25. The lowest BCUT2D eigenvalue weighted by Gasteiger charge is -2.22. The maximum Gasteiger partial charge on any atom is 0.224 e. The molecular weight excluding hydrogens is 264 g/mol. The number of amides is 1. The van der Waals surface area contributed by atoms with Gasteiger partial charge in [-0.25, -0.2) is 0 Å². The van der Waals surface area contributed by atoms with Gasteiger partial charge in [0.2, 0.25) is 5.91 Å². The summed E-state index contributed by atoms with van der Waals surface area (Å²) in [5.74, 6) is 1.08. The van der Waals surface area contributed by atoms with E-state index in [9.17, 15) is 4.79 Å². The first-order valence-electron chi connectivity index (χ1n) is 6.53. The van der Waals surface area contributed by atoms with Crippen LogP contribution in [0.3, 0.4) is 0 Å². The van der Waals surface area contributed by atoms with Crippen LogP contribution in [0.25, 0.3) is 0 Å². The van der Waals surface area contributed by atoms with Crippen LogP contribution in [0.2, 0.25) is 5.02 Å². The maximum absolute atomic E-state index is 11.9. The molecule has 1 aliphatic rings. The molecule has 19 heavy (non-hydrogen) atoms. The van der Waals surface area contributed by atoms with Gasteiger partial charge in [-0.05, 0) is 50.0 Å². The van der Waals surface area contributed by atoms with E-state index in [0.717, 1.165) is 25.9 Å². The van der Waals surface area contributed by atoms with Gasteiger partial charge in [-0.1, -0.05) is 11.6 Å². The number of ether oxygens (including phenoxy) is 1. The van der Waals surface area contributed by atoms with Crippen molar-refractivity contribution in [1.82, 2.24) is 5.32 Å². The van der Waals surface area contributed by atoms with Crippen molar-refractivity contribution in [2.75, 3.05) is 25.5 Å². The lowest BCUT2D eigenvalue weighted by molar-refractivity contribution is -0.117. The first-order chi connectivity index (χ1) is 9.19. The molecule has 1 aromatic carbocycles. The average Bonchev–Trinajstić information content (AvgIpc) is 2.40. The van der Waals surface area contributed by atoms with Gasteiger partial charge in [-0.2, -0.15) is 0 Å². The molecule has 104 valence electrons. The van der Waals surface area contributed by atoms with Gasteiger partial charge in [-0.3, -0.25) is 4.79 Å². The van der Waals surface area contributed by atoms with Crippen molar-refractivity contribution in [3.63, 3.8) is 0 Å². The summed E-state index contributed by atoms with van der Waals surface area (Å²) in [7, 11) is 1.57. The molecule has 2 N–H and O–H groups in total. The minimum Gasteiger partial charge on any atom is -0.495 e. The second-order valence-corrected chi connectivity index (χ2v) is 5.22. The topological polar surface area (TPSA) is 50.4 Å². The van der Waals surface area contributed by atoms with Gasteiger partial charge in [0.05, 0.1) is 12.1 Å². The van der Waals surface area contributed by atoms with Crippen LogP contribution >= 0.6 is 11.6 Å². The number of carbonyl (C=O) groups is 1. The van der Waals surface area contributed by atoms with Gasteiger partial charge < -0.3 is 15.4 Å². The minimum absolute atomic E-state index is 0.0370. The molecule has 1 amide bonds. The van der Waals surface area contributed by atoms with Crippen molar-refractivity contribution in [2.45, 2.75) is 19.3 Å². The molecule has 1 aliphatic heterocycles. The molecule has 5 heteroatoms. The predicted molar refractivity (Wildman–Crippen MR) is 76.8 cm³/mol. The number of hydrogen-bond acceptors (Lipinski definition) is 3. The van der Waals surface area contributed by atoms with E-state index in [2.05, 4.69) is 10.6 Å². The summed E-state index contributed by atoms with van der Waals surface area (Å²) in [5, 5.41) is 6.68. The van der Waals surface area contributed by atoms with Crippen molar-refractivity contribution in [1.29, 1.82) is 0 Å². The average molecular weight is 283 g/mol. The van der Waals surface area contributed by atoms with Crippen LogP contribution in [0.4, 0.5) is 5.69 Å². The Hall–Kier alpha value is -1.26. The number of rotatable bonds is 4. The molecule has 1 heterocycles. The number of piperidine rings is 1. The minimum atomic E-state index is 0.0370. The van der Waals surface area contributed by atoms with Crippen LogP contribution in [0.5, 0.6) is 5.75 Å². The standard InChI is InChI=1S/C14H19ClN2O2/c1-19-13-5-4-11(8-12(13)15)17-14(18)7-10-3-2-6-16-9-10/h4-5,8,10,16H,2-3,6-7,9H2,1H3,(H,17,18). The van der Waals surface area contributed by atoms with Crippen LogP contribution in [-0.2, 0) is 4.79 Å². The van der Waals surface area contributed by atoms with E-state index in [4.69, 9.17) is 16.3 Å². The van der Waals surface area contributed by atoms with Crippen molar-refractivity contribution in [3.05, 3.63) is 23.2 Å². The summed E-state index contributed by atoms with van der Waals surface area (Å²) >= 11 is 6.02. The summed E-state index contributed by atoms with van der Waals surface area (Å²) in [6.07, 6.45) is 2.81. The molecule has 0 aliphatic carbocycles. The Bertz CT molecular complexity index is 445. The molecule has 1 saturated heterocycles. The zero-order chi connectivity index (χ0) is 13.7. The molecule has 4 nitrogen and oxygen atoms in total. The molecule has 1 fully saturated rings. The summed E-state index contributed by atoms with van der Waals surface area (Å²) < 4.78 is 5.07. The summed E-state index contributed by atoms with van der Waals surface area (Å²) in [4.78, 5) is 11.9. The van der Waals surface area contributed by atoms with Crippen LogP contribution < -0.4 is 15.4 Å². The van der Waals surface area contributed by atoms with E-state index in [1.807, 2.05) is 0 Å². The van der Waals surface area contributed by atoms with E-state index in [1.54, 1.807) is 25.3 Å². The van der Waals surface area contributed by atoms with Crippen molar-refractivity contribution in [2.24, 2.45) is 5.92 Å². The second kappa shape index (κ2) is 6.78. The quantitative estimate of drug-likeness (QED) is 0.893. The van der Waals surface area contributed by atoms with Crippen LogP contribution in [-0.4, -0.2) is 26.1 Å². The van der Waals surface area contributed by atoms with E-state index < -0.39 is 0 Å². The number of hydrogen-bond donors (Lipinski definition) is 2. The highest BCUT2D eigenvalue weighted by Crippen LogP contribution is 2.27. The Labute approximate surface area is 118 Å². The first-order valence-corrected chi connectivity index (χ1v) is 6.91. The monoisotopic (exact) mass is 282 g/mol. The number of benzene rings is 1. The van der Waals surface area contributed by atoms with Gasteiger partial charge in [-0.15, -0.1) is 0 Å². The third-order valence-electron chi connectivity index (χ3n) is 3.31. The molecular formula is C14H19ClN2O2. The normalized spacial score (nSPS) is 18.9. The van der Waals surface area contributed by atoms with Gasteiger partial charge in [0, 0.05) is 12.1 Å². The smallest absolute Gasteiger partial charge is 0.224 e. The Kier molecular flexibility index (Phi) is 5.05. The fourth-order valence-corrected chi connectivity index (χ4v) is 2.57. The Morgan fingerprint density at radius 3 is 3.05 bits per heavy atom. The number of nitrogens with one attached hydrogen (secondary N) is 2. The van der Waals surface area contributed by atoms with Gasteiger partial charge in [0.25, 0.3) is 0 Å². The predicted octanol–water partition coefficient (Wildman–Crippen LogP) is 2.68. The molecule has 0 radical (unpaired) electrons. The fraction of sp³-hybridized carbons (Fsp3) is 0.500. The molecule has 1 aromatic rings. The zero-order valence-corrected chi connectivity index (χ0v) is 11.8. The SMILES string of the molecule is COc1ccc(NC(=O)CC2CCCNC2)cc1Cl. The number of carbonyl (C=O) groups excluding carboxylic acids is 1. The van der Waals surface area contributed by atoms with Gasteiger partial charge in [0.1, 0.15) is 5.75 Å². The van der Waals surface area contributed by atoms with Crippen LogP contribution in [0.15, 0.2) is 18.2 Å². The van der Waals surface area contributed by atoms with Crippen LogP contribution in [0, 0.1) is 5.92 Å².